The van der Waals surface area contributed by atoms with Gasteiger partial charge in [-0.05, 0) is 36.4 Å². The molecule has 4 nitrogen and oxygen atoms in total. The molecule has 0 bridgehead atoms. The van der Waals surface area contributed by atoms with Gasteiger partial charge in [0.1, 0.15) is 10.7 Å². The molecule has 0 aliphatic heterocycles. The molecule has 1 amide bonds. The summed E-state index contributed by atoms with van der Waals surface area (Å²) in [6.45, 7) is 3.70. The van der Waals surface area contributed by atoms with Gasteiger partial charge in [-0.15, -0.1) is 11.3 Å². The number of hydrogen-bond donors (Lipinski definition) is 2. The van der Waals surface area contributed by atoms with E-state index in [-0.39, 0.29) is 5.91 Å². The van der Waals surface area contributed by atoms with E-state index in [1.807, 2.05) is 19.2 Å². The van der Waals surface area contributed by atoms with Gasteiger partial charge >= 0.3 is 0 Å². The Morgan fingerprint density at radius 1 is 1.44 bits per heavy atom. The van der Waals surface area contributed by atoms with Crippen LogP contribution < -0.4 is 11.1 Å². The van der Waals surface area contributed by atoms with Gasteiger partial charge in [-0.1, -0.05) is 11.6 Å². The topological polar surface area (TPSA) is 68.0 Å². The number of amides is 1. The molecular weight excluding hydrogens is 270 g/mol. The van der Waals surface area contributed by atoms with Gasteiger partial charge in [-0.25, -0.2) is 4.98 Å². The summed E-state index contributed by atoms with van der Waals surface area (Å²) in [6.07, 6.45) is 1.50. The number of nitrogen functional groups attached to an aromatic ring is 1. The van der Waals surface area contributed by atoms with Gasteiger partial charge in [0.2, 0.25) is 0 Å². The van der Waals surface area contributed by atoms with Crippen molar-refractivity contribution in [2.45, 2.75) is 13.8 Å². The van der Waals surface area contributed by atoms with Crippen molar-refractivity contribution in [2.24, 2.45) is 0 Å². The number of nitrogens with two attached hydrogens (primary N) is 1. The van der Waals surface area contributed by atoms with E-state index in [0.717, 1.165) is 11.1 Å². The maximum Gasteiger partial charge on any atom is 0.268 e. The number of carbonyl (C=O) groups excluding carboxylic acids is 1. The van der Waals surface area contributed by atoms with Gasteiger partial charge in [0.05, 0.1) is 16.9 Å². The van der Waals surface area contributed by atoms with Gasteiger partial charge in [-0.3, -0.25) is 4.79 Å². The quantitative estimate of drug-likeness (QED) is 0.888. The van der Waals surface area contributed by atoms with Gasteiger partial charge in [0.25, 0.3) is 5.91 Å². The number of nitrogens with zero attached hydrogens (tertiary/aromatic N) is 1. The fraction of sp³-hybridized carbons (Fsp3) is 0.167. The van der Waals surface area contributed by atoms with Crippen LogP contribution in [0.4, 0.5) is 11.5 Å². The Labute approximate surface area is 114 Å². The van der Waals surface area contributed by atoms with Crippen LogP contribution >= 0.6 is 22.9 Å². The Morgan fingerprint density at radius 2 is 2.17 bits per heavy atom. The van der Waals surface area contributed by atoms with Crippen molar-refractivity contribution in [3.63, 3.8) is 0 Å². The highest BCUT2D eigenvalue weighted by Crippen LogP contribution is 2.28. The summed E-state index contributed by atoms with van der Waals surface area (Å²) in [6, 6.07) is 1.75. The third-order valence-corrected chi connectivity index (χ3v) is 4.13. The van der Waals surface area contributed by atoms with E-state index >= 15 is 0 Å². The minimum atomic E-state index is -0.251. The number of carbonyl (C=O) groups is 1. The predicted octanol–water partition coefficient (Wildman–Crippen LogP) is 3.25. The Bertz CT molecular complexity index is 609. The van der Waals surface area contributed by atoms with Crippen LogP contribution in [0.5, 0.6) is 0 Å². The fourth-order valence-corrected chi connectivity index (χ4v) is 2.65. The Hall–Kier alpha value is -1.59. The highest BCUT2D eigenvalue weighted by molar-refractivity contribution is 7.13. The van der Waals surface area contributed by atoms with Crippen LogP contribution in [-0.2, 0) is 0 Å². The summed E-state index contributed by atoms with van der Waals surface area (Å²) in [5.41, 5.74) is 7.88. The number of pyridine rings is 1. The molecule has 0 fully saturated rings. The Morgan fingerprint density at radius 3 is 2.72 bits per heavy atom. The highest BCUT2D eigenvalue weighted by Gasteiger charge is 2.15. The zero-order chi connectivity index (χ0) is 13.3. The molecule has 0 radical (unpaired) electrons. The third-order valence-electron chi connectivity index (χ3n) is 2.44. The number of aromatic nitrogens is 1. The highest BCUT2D eigenvalue weighted by atomic mass is 35.5. The van der Waals surface area contributed by atoms with Crippen molar-refractivity contribution in [1.29, 1.82) is 0 Å². The lowest BCUT2D eigenvalue weighted by Gasteiger charge is -2.07. The number of rotatable bonds is 2. The normalized spacial score (nSPS) is 10.4. The monoisotopic (exact) mass is 281 g/mol. The van der Waals surface area contributed by atoms with Gasteiger partial charge in [0, 0.05) is 0 Å². The number of nitrogens with one attached hydrogen (secondary N) is 1. The molecule has 2 aromatic heterocycles. The summed E-state index contributed by atoms with van der Waals surface area (Å²) in [5.74, 6) is 0.245. The molecule has 0 aliphatic carbocycles. The Balaban J connectivity index is 2.24. The average molecular weight is 282 g/mol. The smallest absolute Gasteiger partial charge is 0.268 e. The lowest BCUT2D eigenvalue weighted by Crippen LogP contribution is -2.13. The molecule has 0 unspecified atom stereocenters. The molecule has 2 rings (SSSR count). The number of thiophene rings is 1. The summed E-state index contributed by atoms with van der Waals surface area (Å²) < 4.78 is 0. The molecule has 0 spiro atoms. The van der Waals surface area contributed by atoms with Gasteiger partial charge in [0.15, 0.2) is 0 Å². The first-order chi connectivity index (χ1) is 8.49. The van der Waals surface area contributed by atoms with E-state index in [4.69, 9.17) is 17.3 Å². The van der Waals surface area contributed by atoms with Crippen LogP contribution in [0.15, 0.2) is 17.6 Å². The van der Waals surface area contributed by atoms with E-state index in [9.17, 15) is 4.79 Å². The third kappa shape index (κ3) is 2.47. The number of anilines is 2. The number of hydrogen-bond acceptors (Lipinski definition) is 4. The van der Waals surface area contributed by atoms with Crippen molar-refractivity contribution in [3.05, 3.63) is 38.7 Å². The second-order valence-electron chi connectivity index (χ2n) is 3.95. The summed E-state index contributed by atoms with van der Waals surface area (Å²) in [5, 5.41) is 5.07. The molecule has 94 valence electrons. The van der Waals surface area contributed by atoms with Crippen molar-refractivity contribution >= 4 is 40.4 Å². The van der Waals surface area contributed by atoms with E-state index in [2.05, 4.69) is 10.3 Å². The second kappa shape index (κ2) is 4.96. The summed E-state index contributed by atoms with van der Waals surface area (Å²) in [7, 11) is 0. The van der Waals surface area contributed by atoms with E-state index in [1.54, 1.807) is 6.07 Å². The number of halogens is 1. The van der Waals surface area contributed by atoms with Gasteiger partial charge in [-0.2, -0.15) is 0 Å². The van der Waals surface area contributed by atoms with Crippen LogP contribution in [0.25, 0.3) is 0 Å². The van der Waals surface area contributed by atoms with E-state index in [1.165, 1.54) is 17.5 Å². The van der Waals surface area contributed by atoms with Crippen molar-refractivity contribution in [1.82, 2.24) is 4.98 Å². The van der Waals surface area contributed by atoms with Crippen LogP contribution in [0.2, 0.25) is 5.02 Å². The maximum atomic E-state index is 12.0. The zero-order valence-corrected chi connectivity index (χ0v) is 11.5. The largest absolute Gasteiger partial charge is 0.397 e. The van der Waals surface area contributed by atoms with Crippen molar-refractivity contribution in [3.8, 4) is 0 Å². The van der Waals surface area contributed by atoms with E-state index < -0.39 is 0 Å². The first-order valence-electron chi connectivity index (χ1n) is 5.26. The molecule has 0 saturated heterocycles. The Kier molecular flexibility index (Phi) is 3.54. The first kappa shape index (κ1) is 12.9. The van der Waals surface area contributed by atoms with E-state index in [0.29, 0.717) is 21.4 Å². The first-order valence-corrected chi connectivity index (χ1v) is 6.52. The summed E-state index contributed by atoms with van der Waals surface area (Å²) in [4.78, 5) is 16.6. The van der Waals surface area contributed by atoms with Crippen molar-refractivity contribution in [2.75, 3.05) is 11.1 Å². The molecule has 18 heavy (non-hydrogen) atoms. The minimum Gasteiger partial charge on any atom is -0.397 e. The second-order valence-corrected chi connectivity index (χ2v) is 5.21. The molecule has 0 saturated carbocycles. The lowest BCUT2D eigenvalue weighted by molar-refractivity contribution is 0.103. The predicted molar refractivity (Wildman–Crippen MR) is 75.4 cm³/mol. The number of aryl methyl sites for hydroxylation is 2. The molecule has 2 heterocycles. The SMILES string of the molecule is Cc1cc(N)cnc1NC(=O)c1scc(C)c1Cl. The zero-order valence-electron chi connectivity index (χ0n) is 9.95. The van der Waals surface area contributed by atoms with Crippen LogP contribution in [0.3, 0.4) is 0 Å². The summed E-state index contributed by atoms with van der Waals surface area (Å²) >= 11 is 7.36. The van der Waals surface area contributed by atoms with Gasteiger partial charge < -0.3 is 11.1 Å². The standard InChI is InChI=1S/C12H12ClN3OS/c1-6-3-8(14)4-15-11(6)16-12(17)10-9(13)7(2)5-18-10/h3-5H,14H2,1-2H3,(H,15,16,17). The van der Waals surface area contributed by atoms with Crippen LogP contribution in [0, 0.1) is 13.8 Å². The molecular formula is C12H12ClN3OS. The molecule has 0 aliphatic rings. The van der Waals surface area contributed by atoms with Crippen LogP contribution in [0.1, 0.15) is 20.8 Å². The molecule has 6 heteroatoms. The minimum absolute atomic E-state index is 0.251. The fourth-order valence-electron chi connectivity index (χ4n) is 1.47. The lowest BCUT2D eigenvalue weighted by atomic mass is 10.2. The van der Waals surface area contributed by atoms with Crippen LogP contribution in [-0.4, -0.2) is 10.9 Å². The average Bonchev–Trinajstić information content (AvgIpc) is 2.64. The maximum absolute atomic E-state index is 12.0. The molecule has 0 atom stereocenters. The molecule has 3 N–H and O–H groups in total. The molecule has 0 aromatic carbocycles. The molecule has 2 aromatic rings. The van der Waals surface area contributed by atoms with Crippen molar-refractivity contribution < 1.29 is 4.79 Å².